The zero-order valence-corrected chi connectivity index (χ0v) is 15.4. The second-order valence-corrected chi connectivity index (χ2v) is 6.54. The van der Waals surface area contributed by atoms with Crippen molar-refractivity contribution < 1.29 is 9.53 Å². The first-order chi connectivity index (χ1) is 12.7. The summed E-state index contributed by atoms with van der Waals surface area (Å²) in [5.41, 5.74) is 3.27. The molecule has 0 saturated carbocycles. The molecule has 136 valence electrons. The summed E-state index contributed by atoms with van der Waals surface area (Å²) in [6.07, 6.45) is 7.18. The predicted molar refractivity (Wildman–Crippen MR) is 103 cm³/mol. The zero-order chi connectivity index (χ0) is 18.4. The summed E-state index contributed by atoms with van der Waals surface area (Å²) in [7, 11) is 1.64. The third-order valence-corrected chi connectivity index (χ3v) is 4.60. The first kappa shape index (κ1) is 18.1. The highest BCUT2D eigenvalue weighted by atomic mass is 16.5. The normalized spacial score (nSPS) is 15.4. The van der Waals surface area contributed by atoms with E-state index in [9.17, 15) is 4.79 Å². The van der Waals surface area contributed by atoms with Crippen LogP contribution in [-0.2, 0) is 11.3 Å². The van der Waals surface area contributed by atoms with Crippen LogP contribution in [0.15, 0.2) is 48.8 Å². The van der Waals surface area contributed by atoms with Crippen molar-refractivity contribution in [2.45, 2.75) is 13.5 Å². The van der Waals surface area contributed by atoms with Gasteiger partial charge in [0.15, 0.2) is 0 Å². The van der Waals surface area contributed by atoms with Crippen LogP contribution in [-0.4, -0.2) is 54.0 Å². The third kappa shape index (κ3) is 4.70. The van der Waals surface area contributed by atoms with E-state index < -0.39 is 0 Å². The van der Waals surface area contributed by atoms with E-state index in [1.54, 1.807) is 19.4 Å². The van der Waals surface area contributed by atoms with E-state index in [1.165, 1.54) is 5.56 Å². The summed E-state index contributed by atoms with van der Waals surface area (Å²) in [5, 5.41) is 0. The van der Waals surface area contributed by atoms with Crippen LogP contribution in [0.25, 0.3) is 6.08 Å². The molecule has 2 heterocycles. The fraction of sp³-hybridized carbons (Fsp3) is 0.333. The van der Waals surface area contributed by atoms with E-state index in [-0.39, 0.29) is 5.91 Å². The summed E-state index contributed by atoms with van der Waals surface area (Å²) >= 11 is 0. The number of aromatic nitrogens is 1. The van der Waals surface area contributed by atoms with Crippen molar-refractivity contribution in [1.29, 1.82) is 0 Å². The maximum absolute atomic E-state index is 12.5. The number of hydrogen-bond acceptors (Lipinski definition) is 4. The molecule has 1 saturated heterocycles. The van der Waals surface area contributed by atoms with Crippen LogP contribution in [0.5, 0.6) is 5.75 Å². The molecule has 26 heavy (non-hydrogen) atoms. The lowest BCUT2D eigenvalue weighted by Crippen LogP contribution is -2.47. The number of rotatable bonds is 5. The molecule has 0 radical (unpaired) electrons. The Morgan fingerprint density at radius 3 is 2.73 bits per heavy atom. The van der Waals surface area contributed by atoms with Crippen LogP contribution in [0.1, 0.15) is 16.7 Å². The predicted octanol–water partition coefficient (Wildman–Crippen LogP) is 2.76. The monoisotopic (exact) mass is 351 g/mol. The van der Waals surface area contributed by atoms with Gasteiger partial charge in [-0.2, -0.15) is 0 Å². The van der Waals surface area contributed by atoms with Gasteiger partial charge in [0.05, 0.1) is 7.11 Å². The average molecular weight is 351 g/mol. The van der Waals surface area contributed by atoms with E-state index in [0.29, 0.717) is 0 Å². The van der Waals surface area contributed by atoms with Gasteiger partial charge >= 0.3 is 0 Å². The van der Waals surface area contributed by atoms with Crippen molar-refractivity contribution in [1.82, 2.24) is 14.8 Å². The van der Waals surface area contributed by atoms with Gasteiger partial charge in [-0.3, -0.25) is 14.7 Å². The number of ether oxygens (including phenoxy) is 1. The maximum atomic E-state index is 12.5. The largest absolute Gasteiger partial charge is 0.496 e. The Morgan fingerprint density at radius 1 is 1.23 bits per heavy atom. The minimum Gasteiger partial charge on any atom is -0.496 e. The van der Waals surface area contributed by atoms with Crippen LogP contribution in [0.2, 0.25) is 0 Å². The van der Waals surface area contributed by atoms with E-state index in [0.717, 1.165) is 49.6 Å². The van der Waals surface area contributed by atoms with Crippen molar-refractivity contribution in [2.75, 3.05) is 33.3 Å². The first-order valence-corrected chi connectivity index (χ1v) is 8.88. The summed E-state index contributed by atoms with van der Waals surface area (Å²) in [4.78, 5) is 20.9. The molecule has 2 aromatic rings. The van der Waals surface area contributed by atoms with Gasteiger partial charge in [-0.1, -0.05) is 17.7 Å². The minimum atomic E-state index is 0.0505. The maximum Gasteiger partial charge on any atom is 0.246 e. The average Bonchev–Trinajstić information content (AvgIpc) is 2.67. The Balaban J connectivity index is 1.54. The molecule has 0 spiro atoms. The molecule has 0 N–H and O–H groups in total. The van der Waals surface area contributed by atoms with Gasteiger partial charge in [0.2, 0.25) is 5.91 Å². The summed E-state index contributed by atoms with van der Waals surface area (Å²) in [6.45, 7) is 6.15. The topological polar surface area (TPSA) is 45.7 Å². The van der Waals surface area contributed by atoms with Gasteiger partial charge in [0.25, 0.3) is 0 Å². The van der Waals surface area contributed by atoms with Crippen molar-refractivity contribution >= 4 is 12.0 Å². The number of carbonyl (C=O) groups excluding carboxylic acids is 1. The quantitative estimate of drug-likeness (QED) is 0.777. The molecule has 1 aromatic carbocycles. The highest BCUT2D eigenvalue weighted by molar-refractivity contribution is 5.92. The van der Waals surface area contributed by atoms with Gasteiger partial charge in [-0.25, -0.2) is 0 Å². The van der Waals surface area contributed by atoms with Crippen LogP contribution in [0, 0.1) is 6.92 Å². The molecule has 1 aliphatic rings. The molecule has 0 atom stereocenters. The lowest BCUT2D eigenvalue weighted by Gasteiger charge is -2.34. The van der Waals surface area contributed by atoms with Crippen molar-refractivity contribution in [3.63, 3.8) is 0 Å². The molecule has 1 aromatic heterocycles. The SMILES string of the molecule is COc1ccc(C)cc1/C=C/C(=O)N1CCN(Cc2cccnc2)CC1. The minimum absolute atomic E-state index is 0.0505. The van der Waals surface area contributed by atoms with Gasteiger partial charge in [-0.15, -0.1) is 0 Å². The highest BCUT2D eigenvalue weighted by Gasteiger charge is 2.19. The molecule has 5 nitrogen and oxygen atoms in total. The van der Waals surface area contributed by atoms with E-state index in [1.807, 2.05) is 48.4 Å². The summed E-state index contributed by atoms with van der Waals surface area (Å²) in [6, 6.07) is 9.99. The highest BCUT2D eigenvalue weighted by Crippen LogP contribution is 2.21. The fourth-order valence-corrected chi connectivity index (χ4v) is 3.13. The van der Waals surface area contributed by atoms with Crippen LogP contribution >= 0.6 is 0 Å². The molecule has 1 fully saturated rings. The smallest absolute Gasteiger partial charge is 0.246 e. The lowest BCUT2D eigenvalue weighted by molar-refractivity contribution is -0.127. The van der Waals surface area contributed by atoms with E-state index >= 15 is 0 Å². The molecule has 5 heteroatoms. The van der Waals surface area contributed by atoms with Crippen molar-refractivity contribution in [3.05, 3.63) is 65.5 Å². The van der Waals surface area contributed by atoms with Crippen LogP contribution in [0.3, 0.4) is 0 Å². The molecule has 0 aliphatic carbocycles. The molecule has 1 amide bonds. The number of aryl methyl sites for hydroxylation is 1. The third-order valence-electron chi connectivity index (χ3n) is 4.60. The first-order valence-electron chi connectivity index (χ1n) is 8.88. The standard InChI is InChI=1S/C21H25N3O2/c1-17-5-7-20(26-2)19(14-17)6-8-21(25)24-12-10-23(11-13-24)16-18-4-3-9-22-15-18/h3-9,14-15H,10-13,16H2,1-2H3/b8-6+. The number of benzene rings is 1. The number of pyridine rings is 1. The summed E-state index contributed by atoms with van der Waals surface area (Å²) in [5.74, 6) is 0.829. The second kappa shape index (κ2) is 8.63. The summed E-state index contributed by atoms with van der Waals surface area (Å²) < 4.78 is 5.36. The van der Waals surface area contributed by atoms with Crippen molar-refractivity contribution in [3.8, 4) is 5.75 Å². The molecular formula is C21H25N3O2. The van der Waals surface area contributed by atoms with E-state index in [2.05, 4.69) is 16.0 Å². The molecule has 0 bridgehead atoms. The van der Waals surface area contributed by atoms with Gasteiger partial charge < -0.3 is 9.64 Å². The van der Waals surface area contributed by atoms with Gasteiger partial charge in [0, 0.05) is 56.8 Å². The Morgan fingerprint density at radius 2 is 2.04 bits per heavy atom. The lowest BCUT2D eigenvalue weighted by atomic mass is 10.1. The zero-order valence-electron chi connectivity index (χ0n) is 15.4. The molecule has 1 aliphatic heterocycles. The molecule has 3 rings (SSSR count). The van der Waals surface area contributed by atoms with Gasteiger partial charge in [-0.05, 0) is 36.8 Å². The van der Waals surface area contributed by atoms with Crippen molar-refractivity contribution in [2.24, 2.45) is 0 Å². The number of carbonyl (C=O) groups is 1. The van der Waals surface area contributed by atoms with E-state index in [4.69, 9.17) is 4.74 Å². The number of piperazine rings is 1. The number of amides is 1. The number of hydrogen-bond donors (Lipinski definition) is 0. The Bertz CT molecular complexity index is 766. The van der Waals surface area contributed by atoms with Crippen LogP contribution < -0.4 is 4.74 Å². The molecular weight excluding hydrogens is 326 g/mol. The molecule has 0 unspecified atom stereocenters. The Hall–Kier alpha value is -2.66. The Labute approximate surface area is 154 Å². The number of methoxy groups -OCH3 is 1. The van der Waals surface area contributed by atoms with Gasteiger partial charge in [0.1, 0.15) is 5.75 Å². The fourth-order valence-electron chi connectivity index (χ4n) is 3.13. The number of nitrogens with zero attached hydrogens (tertiary/aromatic N) is 3. The Kier molecular flexibility index (Phi) is 6.02. The second-order valence-electron chi connectivity index (χ2n) is 6.54. The van der Waals surface area contributed by atoms with Crippen LogP contribution in [0.4, 0.5) is 0 Å².